The van der Waals surface area contributed by atoms with E-state index in [1.165, 1.54) is 6.92 Å². The average molecular weight is 184 g/mol. The molecule has 0 rings (SSSR count). The fraction of sp³-hybridized carbons (Fsp3) is 0.750. The molecule has 0 radical (unpaired) electrons. The monoisotopic (exact) mass is 184 g/mol. The summed E-state index contributed by atoms with van der Waals surface area (Å²) in [6.45, 7) is 1.22. The second-order valence-electron chi connectivity index (χ2n) is 1.93. The Balaban J connectivity index is 3.89. The molecule has 0 amide bonds. The number of hydrogen-bond acceptors (Lipinski definition) is 4. The smallest absolute Gasteiger partial charge is 0.397 e. The lowest BCUT2D eigenvalue weighted by molar-refractivity contribution is -0.138. The van der Waals surface area contributed by atoms with Crippen LogP contribution in [0.4, 0.5) is 0 Å². The van der Waals surface area contributed by atoms with Gasteiger partial charge in [0.25, 0.3) is 0 Å². The van der Waals surface area contributed by atoms with Gasteiger partial charge in [0.1, 0.15) is 0 Å². The molecular weight excluding hydrogens is 176 g/mol. The van der Waals surface area contributed by atoms with Gasteiger partial charge in [0, 0.05) is 0 Å². The molecule has 0 saturated heterocycles. The van der Waals surface area contributed by atoms with E-state index >= 15 is 0 Å². The van der Waals surface area contributed by atoms with Gasteiger partial charge in [-0.05, 0) is 6.92 Å². The first-order valence-electron chi connectivity index (χ1n) is 2.69. The van der Waals surface area contributed by atoms with Crippen LogP contribution in [-0.2, 0) is 19.4 Å². The van der Waals surface area contributed by atoms with Crippen LogP contribution in [0.1, 0.15) is 13.3 Å². The molecule has 0 aromatic heterocycles. The largest absolute Gasteiger partial charge is 0.481 e. The lowest BCUT2D eigenvalue weighted by Gasteiger charge is -2.05. The number of carboxylic acid groups (broad SMARTS) is 1. The zero-order valence-corrected chi connectivity index (χ0v) is 6.54. The molecule has 0 aromatic rings. The molecule has 0 fully saturated rings. The molecule has 0 aliphatic rings. The van der Waals surface area contributed by atoms with Crippen molar-refractivity contribution in [3.05, 3.63) is 0 Å². The predicted octanol–water partition coefficient (Wildman–Crippen LogP) is -0.331. The summed E-state index contributed by atoms with van der Waals surface area (Å²) in [6, 6.07) is 0. The van der Waals surface area contributed by atoms with Crippen LogP contribution in [0.3, 0.4) is 0 Å². The summed E-state index contributed by atoms with van der Waals surface area (Å²) < 4.78 is 31.9. The van der Waals surface area contributed by atoms with E-state index in [1.807, 2.05) is 0 Å². The summed E-state index contributed by atoms with van der Waals surface area (Å²) in [5.74, 6) is -1.19. The van der Waals surface area contributed by atoms with Crippen LogP contribution >= 0.6 is 0 Å². The number of aliphatic carboxylic acids is 1. The maximum atomic E-state index is 9.96. The number of rotatable bonds is 4. The van der Waals surface area contributed by atoms with Gasteiger partial charge in [-0.15, -0.1) is 0 Å². The Hall–Kier alpha value is -0.660. The van der Waals surface area contributed by atoms with Crippen LogP contribution < -0.4 is 0 Å². The third-order valence-electron chi connectivity index (χ3n) is 0.748. The summed E-state index contributed by atoms with van der Waals surface area (Å²) in [7, 11) is -4.53. The highest BCUT2D eigenvalue weighted by Gasteiger charge is 2.14. The third kappa shape index (κ3) is 7.23. The molecule has 11 heavy (non-hydrogen) atoms. The van der Waals surface area contributed by atoms with Crippen LogP contribution in [0, 0.1) is 0 Å². The molecule has 0 saturated carbocycles. The highest BCUT2D eigenvalue weighted by atomic mass is 32.3. The van der Waals surface area contributed by atoms with Crippen LogP contribution in [0.15, 0.2) is 0 Å². The van der Waals surface area contributed by atoms with E-state index in [2.05, 4.69) is 4.18 Å². The Morgan fingerprint density at radius 3 is 2.36 bits per heavy atom. The first-order chi connectivity index (χ1) is 4.81. The SMILES string of the molecule is CC(CC(=O)O)OS(=O)(=O)O. The Kier molecular flexibility index (Phi) is 3.43. The molecule has 7 heteroatoms. The molecule has 0 aromatic carbocycles. The number of hydrogen-bond donors (Lipinski definition) is 2. The van der Waals surface area contributed by atoms with Crippen molar-refractivity contribution in [2.75, 3.05) is 0 Å². The second kappa shape index (κ2) is 3.65. The third-order valence-corrected chi connectivity index (χ3v) is 1.32. The molecule has 0 heterocycles. The van der Waals surface area contributed by atoms with Gasteiger partial charge in [0.2, 0.25) is 0 Å². The van der Waals surface area contributed by atoms with Crippen molar-refractivity contribution in [2.45, 2.75) is 19.4 Å². The fourth-order valence-corrected chi connectivity index (χ4v) is 0.971. The van der Waals surface area contributed by atoms with E-state index in [0.717, 1.165) is 0 Å². The van der Waals surface area contributed by atoms with Gasteiger partial charge < -0.3 is 5.11 Å². The lowest BCUT2D eigenvalue weighted by atomic mass is 10.3. The fourth-order valence-electron chi connectivity index (χ4n) is 0.488. The summed E-state index contributed by atoms with van der Waals surface area (Å²) in [5.41, 5.74) is 0. The van der Waals surface area contributed by atoms with E-state index in [-0.39, 0.29) is 0 Å². The van der Waals surface area contributed by atoms with Gasteiger partial charge in [-0.2, -0.15) is 8.42 Å². The van der Waals surface area contributed by atoms with E-state index in [9.17, 15) is 13.2 Å². The summed E-state index contributed by atoms with van der Waals surface area (Å²) in [5, 5.41) is 8.12. The van der Waals surface area contributed by atoms with Gasteiger partial charge in [0.05, 0.1) is 12.5 Å². The molecule has 0 spiro atoms. The van der Waals surface area contributed by atoms with Gasteiger partial charge in [0.15, 0.2) is 0 Å². The van der Waals surface area contributed by atoms with Crippen molar-refractivity contribution in [1.29, 1.82) is 0 Å². The first kappa shape index (κ1) is 10.3. The van der Waals surface area contributed by atoms with Gasteiger partial charge in [-0.3, -0.25) is 9.35 Å². The standard InChI is InChI=1S/C4H8O6S/c1-3(2-4(5)6)10-11(7,8)9/h3H,2H2,1H3,(H,5,6)(H,7,8,9). The zero-order valence-electron chi connectivity index (χ0n) is 5.72. The van der Waals surface area contributed by atoms with Gasteiger partial charge >= 0.3 is 16.4 Å². The van der Waals surface area contributed by atoms with Crippen molar-refractivity contribution in [2.24, 2.45) is 0 Å². The van der Waals surface area contributed by atoms with Crippen LogP contribution in [0.2, 0.25) is 0 Å². The molecule has 0 bridgehead atoms. The summed E-state index contributed by atoms with van der Waals surface area (Å²) in [4.78, 5) is 9.94. The molecule has 66 valence electrons. The lowest BCUT2D eigenvalue weighted by Crippen LogP contribution is -2.17. The normalized spacial score (nSPS) is 14.4. The maximum Gasteiger partial charge on any atom is 0.397 e. The van der Waals surface area contributed by atoms with Crippen molar-refractivity contribution in [3.8, 4) is 0 Å². The molecule has 1 unspecified atom stereocenters. The topological polar surface area (TPSA) is 101 Å². The molecular formula is C4H8O6S. The minimum Gasteiger partial charge on any atom is -0.481 e. The highest BCUT2D eigenvalue weighted by Crippen LogP contribution is 2.00. The first-order valence-corrected chi connectivity index (χ1v) is 4.05. The molecule has 0 aliphatic heterocycles. The number of carboxylic acids is 1. The predicted molar refractivity (Wildman–Crippen MR) is 34.3 cm³/mol. The number of carbonyl (C=O) groups is 1. The van der Waals surface area contributed by atoms with Gasteiger partial charge in [-0.1, -0.05) is 0 Å². The minimum absolute atomic E-state index is 0.472. The van der Waals surface area contributed by atoms with Crippen LogP contribution in [0.25, 0.3) is 0 Å². The van der Waals surface area contributed by atoms with Crippen molar-refractivity contribution >= 4 is 16.4 Å². The second-order valence-corrected chi connectivity index (χ2v) is 2.98. The maximum absolute atomic E-state index is 9.96. The Bertz CT molecular complexity index is 229. The van der Waals surface area contributed by atoms with E-state index < -0.39 is 28.9 Å². The summed E-state index contributed by atoms with van der Waals surface area (Å²) >= 11 is 0. The van der Waals surface area contributed by atoms with Crippen molar-refractivity contribution in [1.82, 2.24) is 0 Å². The Labute approximate surface area is 63.7 Å². The van der Waals surface area contributed by atoms with Crippen LogP contribution in [0.5, 0.6) is 0 Å². The molecule has 0 aliphatic carbocycles. The average Bonchev–Trinajstić information content (AvgIpc) is 1.53. The quantitative estimate of drug-likeness (QED) is 0.580. The minimum atomic E-state index is -4.53. The van der Waals surface area contributed by atoms with E-state index in [1.54, 1.807) is 0 Å². The zero-order chi connectivity index (χ0) is 9.07. The van der Waals surface area contributed by atoms with Crippen molar-refractivity contribution < 1.29 is 27.1 Å². The Morgan fingerprint density at radius 1 is 1.64 bits per heavy atom. The van der Waals surface area contributed by atoms with E-state index in [0.29, 0.717) is 0 Å². The molecule has 2 N–H and O–H groups in total. The molecule has 1 atom stereocenters. The van der Waals surface area contributed by atoms with Crippen LogP contribution in [-0.4, -0.2) is 30.2 Å². The van der Waals surface area contributed by atoms with Crippen molar-refractivity contribution in [3.63, 3.8) is 0 Å². The Morgan fingerprint density at radius 2 is 2.09 bits per heavy atom. The van der Waals surface area contributed by atoms with E-state index in [4.69, 9.17) is 9.66 Å². The molecule has 6 nitrogen and oxygen atoms in total. The van der Waals surface area contributed by atoms with Gasteiger partial charge in [-0.25, -0.2) is 4.18 Å². The summed E-state index contributed by atoms with van der Waals surface area (Å²) in [6.07, 6.45) is -1.53. The highest BCUT2D eigenvalue weighted by molar-refractivity contribution is 7.80.